The summed E-state index contributed by atoms with van der Waals surface area (Å²) in [5.74, 6) is -4.62. The van der Waals surface area contributed by atoms with E-state index in [1.54, 1.807) is 0 Å². The number of hydrogen-bond acceptors (Lipinski definition) is 6. The Labute approximate surface area is 291 Å². The molecule has 52 heavy (non-hydrogen) atoms. The molecule has 5 rings (SSSR count). The molecule has 3 aromatic rings. The molecule has 0 bridgehead atoms. The second kappa shape index (κ2) is 14.0. The van der Waals surface area contributed by atoms with E-state index in [0.717, 1.165) is 35.2 Å². The first kappa shape index (κ1) is 38.5. The zero-order chi connectivity index (χ0) is 38.3. The van der Waals surface area contributed by atoms with Crippen LogP contribution in [0.4, 0.5) is 39.9 Å². The number of aliphatic carboxylic acids is 1. The number of urea groups is 1. The van der Waals surface area contributed by atoms with Gasteiger partial charge in [0.15, 0.2) is 9.84 Å². The molecule has 2 amide bonds. The van der Waals surface area contributed by atoms with Crippen LogP contribution in [0.5, 0.6) is 0 Å². The lowest BCUT2D eigenvalue weighted by Crippen LogP contribution is -2.56. The minimum atomic E-state index is -6.24. The summed E-state index contributed by atoms with van der Waals surface area (Å²) in [4.78, 5) is 27.1. The van der Waals surface area contributed by atoms with Gasteiger partial charge in [-0.2, -0.15) is 31.6 Å². The van der Waals surface area contributed by atoms with Crippen molar-refractivity contribution in [1.82, 2.24) is 9.80 Å². The summed E-state index contributed by atoms with van der Waals surface area (Å²) in [6.07, 6.45) is -12.6. The van der Waals surface area contributed by atoms with E-state index in [0.29, 0.717) is 24.3 Å². The number of nitriles is 1. The van der Waals surface area contributed by atoms with Gasteiger partial charge in [-0.25, -0.2) is 22.0 Å². The molecule has 2 heterocycles. The SMILES string of the molecule is N#Cc1ccc(S(=O)(=O)[C@@]2(c3ccc(C(OCc4c(F)cccc4F)(C(F)(F)F)C(F)(F)F)cc3)CCN(C(=O)N3CCC(C(=O)O)CC3)C2)cc1. The summed E-state index contributed by atoms with van der Waals surface area (Å²) >= 11 is 0. The quantitative estimate of drug-likeness (QED) is 0.255. The number of ether oxygens (including phenoxy) is 1. The first-order valence-corrected chi connectivity index (χ1v) is 17.1. The fourth-order valence-corrected chi connectivity index (χ4v) is 8.68. The molecule has 2 fully saturated rings. The molecule has 0 spiro atoms. The number of carbonyl (C=O) groups is 2. The van der Waals surface area contributed by atoms with Gasteiger partial charge in [0.2, 0.25) is 0 Å². The van der Waals surface area contributed by atoms with Gasteiger partial charge in [0.1, 0.15) is 16.4 Å². The fraction of sp³-hybridized carbons (Fsp3) is 0.382. The molecule has 2 aliphatic heterocycles. The highest BCUT2D eigenvalue weighted by molar-refractivity contribution is 7.92. The Morgan fingerprint density at radius 2 is 1.42 bits per heavy atom. The first-order valence-electron chi connectivity index (χ1n) is 15.6. The molecule has 2 aliphatic rings. The lowest BCUT2D eigenvalue weighted by molar-refractivity contribution is -0.392. The number of likely N-dealkylation sites (tertiary alicyclic amines) is 2. The summed E-state index contributed by atoms with van der Waals surface area (Å²) in [6, 6.07) is 10.1. The number of nitrogens with zero attached hydrogens (tertiary/aromatic N) is 3. The maximum Gasteiger partial charge on any atom is 0.430 e. The van der Waals surface area contributed by atoms with Crippen LogP contribution < -0.4 is 0 Å². The minimum absolute atomic E-state index is 0.0458. The van der Waals surface area contributed by atoms with E-state index in [4.69, 9.17) is 0 Å². The molecule has 0 unspecified atom stereocenters. The Kier molecular flexibility index (Phi) is 10.4. The van der Waals surface area contributed by atoms with Crippen molar-refractivity contribution in [1.29, 1.82) is 5.26 Å². The molecule has 2 saturated heterocycles. The van der Waals surface area contributed by atoms with Crippen LogP contribution in [-0.4, -0.2) is 73.9 Å². The number of alkyl halides is 6. The summed E-state index contributed by atoms with van der Waals surface area (Å²) in [5.41, 5.74) is -8.06. The average molecular weight is 760 g/mol. The second-order valence-corrected chi connectivity index (χ2v) is 14.7. The topological polar surface area (TPSA) is 128 Å². The van der Waals surface area contributed by atoms with E-state index in [1.165, 1.54) is 17.0 Å². The molecule has 0 aromatic heterocycles. The summed E-state index contributed by atoms with van der Waals surface area (Å²) in [7, 11) is -4.62. The van der Waals surface area contributed by atoms with Crippen molar-refractivity contribution < 1.29 is 63.0 Å². The van der Waals surface area contributed by atoms with Gasteiger partial charge in [-0.15, -0.1) is 0 Å². The highest BCUT2D eigenvalue weighted by Gasteiger charge is 2.73. The normalized spacial score (nSPS) is 19.1. The number of rotatable bonds is 8. The van der Waals surface area contributed by atoms with Crippen LogP contribution in [0, 0.1) is 28.9 Å². The van der Waals surface area contributed by atoms with Crippen molar-refractivity contribution in [2.75, 3.05) is 26.2 Å². The number of halogens is 8. The smallest absolute Gasteiger partial charge is 0.430 e. The summed E-state index contributed by atoms with van der Waals surface area (Å²) in [5, 5.41) is 18.5. The van der Waals surface area contributed by atoms with Crippen LogP contribution >= 0.6 is 0 Å². The van der Waals surface area contributed by atoms with Gasteiger partial charge < -0.3 is 19.6 Å². The highest BCUT2D eigenvalue weighted by atomic mass is 32.2. The zero-order valence-electron chi connectivity index (χ0n) is 26.8. The van der Waals surface area contributed by atoms with E-state index in [-0.39, 0.29) is 54.9 Å². The molecule has 0 saturated carbocycles. The van der Waals surface area contributed by atoms with Crippen LogP contribution in [0.2, 0.25) is 0 Å². The van der Waals surface area contributed by atoms with E-state index in [2.05, 4.69) is 4.74 Å². The molecule has 278 valence electrons. The molecule has 0 radical (unpaired) electrons. The Morgan fingerprint density at radius 3 is 1.92 bits per heavy atom. The number of benzene rings is 3. The third-order valence-electron chi connectivity index (χ3n) is 9.54. The van der Waals surface area contributed by atoms with E-state index < -0.39 is 86.4 Å². The van der Waals surface area contributed by atoms with Crippen molar-refractivity contribution in [3.8, 4) is 6.07 Å². The van der Waals surface area contributed by atoms with Crippen molar-refractivity contribution >= 4 is 21.8 Å². The van der Waals surface area contributed by atoms with Gasteiger partial charge in [0.25, 0.3) is 5.60 Å². The van der Waals surface area contributed by atoms with Crippen LogP contribution in [0.3, 0.4) is 0 Å². The number of sulfone groups is 1. The monoisotopic (exact) mass is 759 g/mol. The van der Waals surface area contributed by atoms with Crippen LogP contribution in [0.15, 0.2) is 71.6 Å². The predicted molar refractivity (Wildman–Crippen MR) is 165 cm³/mol. The highest BCUT2D eigenvalue weighted by Crippen LogP contribution is 2.54. The number of carboxylic acids is 1. The van der Waals surface area contributed by atoms with Gasteiger partial charge in [-0.05, 0) is 61.2 Å². The maximum atomic E-state index is 14.6. The number of amides is 2. The van der Waals surface area contributed by atoms with E-state index in [9.17, 15) is 63.5 Å². The van der Waals surface area contributed by atoms with Crippen LogP contribution in [-0.2, 0) is 36.3 Å². The third kappa shape index (κ3) is 6.67. The first-order chi connectivity index (χ1) is 24.3. The Bertz CT molecular complexity index is 1940. The Balaban J connectivity index is 1.57. The van der Waals surface area contributed by atoms with Crippen molar-refractivity contribution in [3.05, 3.63) is 101 Å². The van der Waals surface area contributed by atoms with Crippen LogP contribution in [0.25, 0.3) is 0 Å². The second-order valence-electron chi connectivity index (χ2n) is 12.4. The van der Waals surface area contributed by atoms with E-state index >= 15 is 0 Å². The third-order valence-corrected chi connectivity index (χ3v) is 12.0. The molecule has 18 heteroatoms. The standard InChI is InChI=1S/C34H29F8N3O6S/c35-27-2-1-3-28(36)26(27)19-51-32(33(37,38)39,34(40,41)42)24-8-6-23(7-9-24)31(52(49,50)25-10-4-21(18-43)5-11-25)14-17-45(20-31)30(48)44-15-12-22(13-16-44)29(46)47/h1-11,22H,12-17,19-20H2,(H,46,47)/t31-/m0/s1. The van der Waals surface area contributed by atoms with Crippen LogP contribution in [0.1, 0.15) is 41.5 Å². The maximum absolute atomic E-state index is 14.6. The Hall–Kier alpha value is -4.76. The van der Waals surface area contributed by atoms with Gasteiger partial charge in [-0.3, -0.25) is 4.79 Å². The fourth-order valence-electron chi connectivity index (χ4n) is 6.60. The number of piperidine rings is 1. The van der Waals surface area contributed by atoms with Gasteiger partial charge in [-0.1, -0.05) is 30.3 Å². The predicted octanol–water partition coefficient (Wildman–Crippen LogP) is 6.66. The molecular formula is C34H29F8N3O6S. The van der Waals surface area contributed by atoms with Crippen molar-refractivity contribution in [3.63, 3.8) is 0 Å². The minimum Gasteiger partial charge on any atom is -0.481 e. The number of carboxylic acid groups (broad SMARTS) is 1. The molecule has 1 atom stereocenters. The van der Waals surface area contributed by atoms with Crippen molar-refractivity contribution in [2.45, 2.75) is 53.5 Å². The van der Waals surface area contributed by atoms with E-state index in [1.807, 2.05) is 6.07 Å². The zero-order valence-corrected chi connectivity index (χ0v) is 27.7. The number of carbonyl (C=O) groups excluding carboxylic acids is 1. The van der Waals surface area contributed by atoms with Gasteiger partial charge in [0.05, 0.1) is 29.1 Å². The molecular weight excluding hydrogens is 730 g/mol. The largest absolute Gasteiger partial charge is 0.481 e. The average Bonchev–Trinajstić information content (AvgIpc) is 3.56. The van der Waals surface area contributed by atoms with Gasteiger partial charge in [0, 0.05) is 37.3 Å². The molecule has 0 aliphatic carbocycles. The lowest BCUT2D eigenvalue weighted by Gasteiger charge is -2.38. The molecule has 3 aromatic carbocycles. The Morgan fingerprint density at radius 1 is 0.865 bits per heavy atom. The van der Waals surface area contributed by atoms with Crippen molar-refractivity contribution in [2.24, 2.45) is 5.92 Å². The number of hydrogen-bond donors (Lipinski definition) is 1. The molecule has 9 nitrogen and oxygen atoms in total. The van der Waals surface area contributed by atoms with Gasteiger partial charge >= 0.3 is 24.4 Å². The lowest BCUT2D eigenvalue weighted by atomic mass is 9.88. The molecule has 1 N–H and O–H groups in total. The summed E-state index contributed by atoms with van der Waals surface area (Å²) in [6.45, 7) is -2.48. The summed E-state index contributed by atoms with van der Waals surface area (Å²) < 4.78 is 147.